The first kappa shape index (κ1) is 14.9. The summed E-state index contributed by atoms with van der Waals surface area (Å²) in [4.78, 5) is 10.7. The molecule has 0 aliphatic carbocycles. The van der Waals surface area contributed by atoms with E-state index in [1.807, 2.05) is 24.4 Å². The summed E-state index contributed by atoms with van der Waals surface area (Å²) < 4.78 is 11.3. The third-order valence-electron chi connectivity index (χ3n) is 4.83. The molecule has 2 aliphatic heterocycles. The molecule has 0 radical (unpaired) electrons. The number of imidazole rings is 1. The molecule has 4 rings (SSSR count). The van der Waals surface area contributed by atoms with Crippen LogP contribution in [0.5, 0.6) is 0 Å². The minimum absolute atomic E-state index is 0.212. The number of rotatable bonds is 3. The molecule has 1 aromatic heterocycles. The molecule has 2 aliphatic rings. The molecule has 1 N–H and O–H groups in total. The van der Waals surface area contributed by atoms with Crippen molar-refractivity contribution in [2.45, 2.75) is 24.9 Å². The first-order chi connectivity index (χ1) is 11.4. The number of benzene rings is 1. The lowest BCUT2D eigenvalue weighted by Crippen LogP contribution is -2.48. The highest BCUT2D eigenvalue weighted by Gasteiger charge is 2.33. The molecule has 2 aromatic rings. The van der Waals surface area contributed by atoms with Crippen molar-refractivity contribution in [1.29, 1.82) is 0 Å². The monoisotopic (exact) mass is 313 g/mol. The Morgan fingerprint density at radius 1 is 1.04 bits per heavy atom. The van der Waals surface area contributed by atoms with Gasteiger partial charge in [0.05, 0.1) is 31.1 Å². The van der Waals surface area contributed by atoms with E-state index >= 15 is 0 Å². The highest BCUT2D eigenvalue weighted by Crippen LogP contribution is 2.29. The fourth-order valence-electron chi connectivity index (χ4n) is 3.58. The van der Waals surface area contributed by atoms with Gasteiger partial charge in [0, 0.05) is 25.8 Å². The van der Waals surface area contributed by atoms with Gasteiger partial charge in [0.25, 0.3) is 0 Å². The molecule has 3 heterocycles. The number of nitrogens with zero attached hydrogens (tertiary/aromatic N) is 2. The lowest BCUT2D eigenvalue weighted by molar-refractivity contribution is -0.0589. The van der Waals surface area contributed by atoms with E-state index in [2.05, 4.69) is 27.0 Å². The molecule has 5 nitrogen and oxygen atoms in total. The second-order valence-corrected chi connectivity index (χ2v) is 6.22. The quantitative estimate of drug-likeness (QED) is 0.946. The maximum atomic E-state index is 5.74. The normalized spacial score (nSPS) is 23.9. The van der Waals surface area contributed by atoms with Crippen LogP contribution in [0.2, 0.25) is 0 Å². The Labute approximate surface area is 136 Å². The predicted octanol–water partition coefficient (Wildman–Crippen LogP) is 2.63. The molecule has 0 spiro atoms. The summed E-state index contributed by atoms with van der Waals surface area (Å²) in [5.41, 5.74) is 2.23. The first-order valence-electron chi connectivity index (χ1n) is 8.43. The van der Waals surface area contributed by atoms with Gasteiger partial charge in [-0.1, -0.05) is 30.3 Å². The van der Waals surface area contributed by atoms with Crippen LogP contribution < -0.4 is 0 Å². The third-order valence-corrected chi connectivity index (χ3v) is 4.83. The van der Waals surface area contributed by atoms with Gasteiger partial charge in [-0.05, 0) is 18.4 Å². The Morgan fingerprint density at radius 3 is 2.70 bits per heavy atom. The van der Waals surface area contributed by atoms with Crippen molar-refractivity contribution in [3.8, 4) is 11.3 Å². The average molecular weight is 313 g/mol. The number of morpholine rings is 1. The fourth-order valence-corrected chi connectivity index (χ4v) is 3.58. The molecule has 1 atom stereocenters. The summed E-state index contributed by atoms with van der Waals surface area (Å²) in [5.74, 6) is 1.01. The summed E-state index contributed by atoms with van der Waals surface area (Å²) in [6.45, 7) is 4.21. The van der Waals surface area contributed by atoms with Crippen LogP contribution in [0.15, 0.2) is 36.5 Å². The van der Waals surface area contributed by atoms with Crippen molar-refractivity contribution in [1.82, 2.24) is 14.9 Å². The Hall–Kier alpha value is -1.69. The van der Waals surface area contributed by atoms with E-state index in [0.29, 0.717) is 12.6 Å². The number of aromatic nitrogens is 2. The molecule has 0 bridgehead atoms. The topological polar surface area (TPSA) is 50.4 Å². The van der Waals surface area contributed by atoms with Gasteiger partial charge in [0.1, 0.15) is 5.82 Å². The summed E-state index contributed by atoms with van der Waals surface area (Å²) in [7, 11) is 0. The van der Waals surface area contributed by atoms with Crippen molar-refractivity contribution in [3.63, 3.8) is 0 Å². The van der Waals surface area contributed by atoms with Crippen LogP contribution in [0.25, 0.3) is 11.3 Å². The van der Waals surface area contributed by atoms with E-state index in [1.165, 1.54) is 5.56 Å². The minimum Gasteiger partial charge on any atom is -0.381 e. The van der Waals surface area contributed by atoms with Crippen LogP contribution in [0, 0.1) is 0 Å². The number of aromatic amines is 1. The Balaban J connectivity index is 1.56. The number of hydrogen-bond acceptors (Lipinski definition) is 4. The third kappa shape index (κ3) is 3.17. The second-order valence-electron chi connectivity index (χ2n) is 6.22. The van der Waals surface area contributed by atoms with Crippen LogP contribution in [0.3, 0.4) is 0 Å². The van der Waals surface area contributed by atoms with Crippen molar-refractivity contribution >= 4 is 0 Å². The second kappa shape index (κ2) is 6.83. The number of H-pyrrole nitrogens is 1. The summed E-state index contributed by atoms with van der Waals surface area (Å²) >= 11 is 0. The molecular weight excluding hydrogens is 290 g/mol. The Kier molecular flexibility index (Phi) is 4.41. The van der Waals surface area contributed by atoms with Crippen LogP contribution in [-0.4, -0.2) is 53.9 Å². The van der Waals surface area contributed by atoms with Gasteiger partial charge < -0.3 is 14.5 Å². The van der Waals surface area contributed by atoms with E-state index in [9.17, 15) is 0 Å². The average Bonchev–Trinajstić information content (AvgIpc) is 3.13. The Bertz CT molecular complexity index is 622. The standard InChI is InChI=1S/C18H23N3O2/c1-2-4-14(5-3-1)16-12-19-18(20-16)17-13-23-11-8-21(17)15-6-9-22-10-7-15/h1-5,12,15,17H,6-11,13H2,(H,19,20). The zero-order valence-corrected chi connectivity index (χ0v) is 13.3. The molecule has 1 aromatic carbocycles. The fraction of sp³-hybridized carbons (Fsp3) is 0.500. The highest BCUT2D eigenvalue weighted by atomic mass is 16.5. The molecule has 0 saturated carbocycles. The molecule has 122 valence electrons. The molecule has 5 heteroatoms. The van der Waals surface area contributed by atoms with Crippen molar-refractivity contribution in [2.75, 3.05) is 33.0 Å². The maximum absolute atomic E-state index is 5.74. The van der Waals surface area contributed by atoms with Crippen LogP contribution in [0.1, 0.15) is 24.7 Å². The SMILES string of the molecule is c1ccc(-c2cnc(C3COCCN3C3CCOCC3)[nH]2)cc1. The summed E-state index contributed by atoms with van der Waals surface area (Å²) in [6, 6.07) is 11.1. The molecule has 23 heavy (non-hydrogen) atoms. The van der Waals surface area contributed by atoms with Crippen LogP contribution in [0.4, 0.5) is 0 Å². The van der Waals surface area contributed by atoms with Gasteiger partial charge in [-0.2, -0.15) is 0 Å². The zero-order chi connectivity index (χ0) is 15.5. The van der Waals surface area contributed by atoms with E-state index in [1.54, 1.807) is 0 Å². The van der Waals surface area contributed by atoms with Gasteiger partial charge in [-0.3, -0.25) is 4.90 Å². The largest absolute Gasteiger partial charge is 0.381 e. The van der Waals surface area contributed by atoms with Gasteiger partial charge in [0.15, 0.2) is 0 Å². The van der Waals surface area contributed by atoms with Crippen LogP contribution >= 0.6 is 0 Å². The Morgan fingerprint density at radius 2 is 1.87 bits per heavy atom. The lowest BCUT2D eigenvalue weighted by Gasteiger charge is -2.41. The molecule has 1 unspecified atom stereocenters. The first-order valence-corrected chi connectivity index (χ1v) is 8.43. The number of ether oxygens (including phenoxy) is 2. The predicted molar refractivity (Wildman–Crippen MR) is 88.1 cm³/mol. The van der Waals surface area contributed by atoms with Crippen molar-refractivity contribution in [2.24, 2.45) is 0 Å². The van der Waals surface area contributed by atoms with Crippen molar-refractivity contribution in [3.05, 3.63) is 42.4 Å². The summed E-state index contributed by atoms with van der Waals surface area (Å²) in [6.07, 6.45) is 4.13. The molecule has 2 fully saturated rings. The molecule has 0 amide bonds. The van der Waals surface area contributed by atoms with E-state index < -0.39 is 0 Å². The van der Waals surface area contributed by atoms with E-state index in [-0.39, 0.29) is 6.04 Å². The van der Waals surface area contributed by atoms with Gasteiger partial charge in [-0.25, -0.2) is 4.98 Å². The van der Waals surface area contributed by atoms with Gasteiger partial charge in [-0.15, -0.1) is 0 Å². The summed E-state index contributed by atoms with van der Waals surface area (Å²) in [5, 5.41) is 0. The maximum Gasteiger partial charge on any atom is 0.126 e. The van der Waals surface area contributed by atoms with Crippen LogP contribution in [-0.2, 0) is 9.47 Å². The molecule has 2 saturated heterocycles. The zero-order valence-electron chi connectivity index (χ0n) is 13.3. The van der Waals surface area contributed by atoms with Crippen molar-refractivity contribution < 1.29 is 9.47 Å². The number of nitrogens with one attached hydrogen (secondary N) is 1. The van der Waals surface area contributed by atoms with E-state index in [0.717, 1.165) is 50.7 Å². The smallest absolute Gasteiger partial charge is 0.126 e. The van der Waals surface area contributed by atoms with Gasteiger partial charge in [0.2, 0.25) is 0 Å². The van der Waals surface area contributed by atoms with Gasteiger partial charge >= 0.3 is 0 Å². The van der Waals surface area contributed by atoms with E-state index in [4.69, 9.17) is 9.47 Å². The number of hydrogen-bond donors (Lipinski definition) is 1. The molecular formula is C18H23N3O2. The lowest BCUT2D eigenvalue weighted by atomic mass is 10.0. The minimum atomic E-state index is 0.212. The highest BCUT2D eigenvalue weighted by molar-refractivity contribution is 5.58.